The predicted molar refractivity (Wildman–Crippen MR) is 116 cm³/mol. The average molecular weight is 397 g/mol. The quantitative estimate of drug-likeness (QED) is 0.582. The van der Waals surface area contributed by atoms with E-state index in [0.29, 0.717) is 39.0 Å². The number of amides is 2. The van der Waals surface area contributed by atoms with Crippen molar-refractivity contribution in [2.45, 2.75) is 52.6 Å². The van der Waals surface area contributed by atoms with Crippen LogP contribution in [-0.4, -0.2) is 35.9 Å². The molecule has 1 N–H and O–H groups in total. The summed E-state index contributed by atoms with van der Waals surface area (Å²) >= 11 is 0. The zero-order chi connectivity index (χ0) is 21.1. The Labute approximate surface area is 174 Å². The van der Waals surface area contributed by atoms with Crippen LogP contribution in [0, 0.1) is 6.92 Å². The average Bonchev–Trinajstić information content (AvgIpc) is 2.73. The Morgan fingerprint density at radius 3 is 2.38 bits per heavy atom. The number of carbonyl (C=O) groups excluding carboxylic acids is 2. The van der Waals surface area contributed by atoms with Crippen molar-refractivity contribution in [3.8, 4) is 5.75 Å². The molecule has 156 valence electrons. The van der Waals surface area contributed by atoms with E-state index in [1.807, 2.05) is 75.4 Å². The van der Waals surface area contributed by atoms with E-state index in [2.05, 4.69) is 5.32 Å². The summed E-state index contributed by atoms with van der Waals surface area (Å²) in [7, 11) is 0. The zero-order valence-electron chi connectivity index (χ0n) is 17.7. The van der Waals surface area contributed by atoms with Crippen LogP contribution in [0.2, 0.25) is 0 Å². The summed E-state index contributed by atoms with van der Waals surface area (Å²) in [5.74, 6) is 0.672. The second kappa shape index (κ2) is 11.9. The normalized spacial score (nSPS) is 11.6. The van der Waals surface area contributed by atoms with Gasteiger partial charge in [0, 0.05) is 19.5 Å². The number of hydrogen-bond acceptors (Lipinski definition) is 3. The highest BCUT2D eigenvalue weighted by Crippen LogP contribution is 2.17. The number of likely N-dealkylation sites (N-methyl/N-ethyl adjacent to an activating group) is 1. The first kappa shape index (κ1) is 22.5. The number of carbonyl (C=O) groups is 2. The maximum absolute atomic E-state index is 13.1. The number of rotatable bonds is 11. The predicted octanol–water partition coefficient (Wildman–Crippen LogP) is 4.10. The highest BCUT2D eigenvalue weighted by Gasteiger charge is 2.28. The van der Waals surface area contributed by atoms with Crippen molar-refractivity contribution in [1.82, 2.24) is 10.2 Å². The second-order valence-electron chi connectivity index (χ2n) is 7.03. The van der Waals surface area contributed by atoms with Crippen molar-refractivity contribution in [1.29, 1.82) is 0 Å². The van der Waals surface area contributed by atoms with Crippen LogP contribution in [0.5, 0.6) is 5.75 Å². The first-order valence-electron chi connectivity index (χ1n) is 10.4. The number of nitrogens with zero attached hydrogens (tertiary/aromatic N) is 1. The first-order chi connectivity index (χ1) is 14.1. The van der Waals surface area contributed by atoms with Gasteiger partial charge in [-0.3, -0.25) is 9.59 Å². The van der Waals surface area contributed by atoms with Gasteiger partial charge in [-0.05, 0) is 49.9 Å². The largest absolute Gasteiger partial charge is 0.494 e. The molecule has 2 amide bonds. The molecule has 0 radical (unpaired) electrons. The summed E-state index contributed by atoms with van der Waals surface area (Å²) in [4.78, 5) is 27.4. The minimum absolute atomic E-state index is 0.0250. The minimum Gasteiger partial charge on any atom is -0.494 e. The molecule has 1 atom stereocenters. The van der Waals surface area contributed by atoms with E-state index in [1.165, 1.54) is 0 Å². The monoisotopic (exact) mass is 396 g/mol. The summed E-state index contributed by atoms with van der Waals surface area (Å²) in [6, 6.07) is 17.1. The topological polar surface area (TPSA) is 58.6 Å². The third-order valence-electron chi connectivity index (χ3n) is 4.89. The van der Waals surface area contributed by atoms with Crippen LogP contribution in [0.25, 0.3) is 0 Å². The van der Waals surface area contributed by atoms with Gasteiger partial charge in [-0.15, -0.1) is 0 Å². The Morgan fingerprint density at radius 1 is 1.03 bits per heavy atom. The lowest BCUT2D eigenvalue weighted by Gasteiger charge is -2.31. The molecule has 0 heterocycles. The van der Waals surface area contributed by atoms with Gasteiger partial charge in [-0.2, -0.15) is 0 Å². The highest BCUT2D eigenvalue weighted by atomic mass is 16.5. The molecule has 29 heavy (non-hydrogen) atoms. The number of nitrogens with one attached hydrogen (secondary N) is 1. The number of hydrogen-bond donors (Lipinski definition) is 1. The van der Waals surface area contributed by atoms with Gasteiger partial charge in [0.25, 0.3) is 0 Å². The van der Waals surface area contributed by atoms with Crippen LogP contribution >= 0.6 is 0 Å². The Kier molecular flexibility index (Phi) is 9.22. The molecule has 2 aromatic rings. The van der Waals surface area contributed by atoms with Crippen molar-refractivity contribution in [2.75, 3.05) is 13.2 Å². The number of aryl methyl sites for hydroxylation is 1. The van der Waals surface area contributed by atoms with Crippen molar-refractivity contribution < 1.29 is 14.3 Å². The molecule has 0 unspecified atom stereocenters. The van der Waals surface area contributed by atoms with Crippen molar-refractivity contribution >= 4 is 11.8 Å². The second-order valence-corrected chi connectivity index (χ2v) is 7.03. The van der Waals surface area contributed by atoms with Crippen LogP contribution in [0.4, 0.5) is 0 Å². The zero-order valence-corrected chi connectivity index (χ0v) is 17.7. The molecule has 0 aromatic heterocycles. The molecule has 5 nitrogen and oxygen atoms in total. The molecule has 2 rings (SSSR count). The fraction of sp³-hybridized carbons (Fsp3) is 0.417. The lowest BCUT2D eigenvalue weighted by Crippen LogP contribution is -2.49. The minimum atomic E-state index is -0.475. The van der Waals surface area contributed by atoms with E-state index in [4.69, 9.17) is 4.74 Å². The molecule has 0 saturated heterocycles. The van der Waals surface area contributed by atoms with Gasteiger partial charge in [0.2, 0.25) is 11.8 Å². The molecular formula is C24H32N2O3. The van der Waals surface area contributed by atoms with E-state index >= 15 is 0 Å². The summed E-state index contributed by atoms with van der Waals surface area (Å²) in [6.07, 6.45) is 1.52. The van der Waals surface area contributed by atoms with Gasteiger partial charge in [0.1, 0.15) is 11.8 Å². The first-order valence-corrected chi connectivity index (χ1v) is 10.4. The van der Waals surface area contributed by atoms with E-state index in [9.17, 15) is 9.59 Å². The molecular weight excluding hydrogens is 364 g/mol. The molecule has 0 aliphatic heterocycles. The van der Waals surface area contributed by atoms with E-state index in [-0.39, 0.29) is 11.8 Å². The molecule has 0 aliphatic rings. The summed E-state index contributed by atoms with van der Waals surface area (Å²) in [5, 5.41) is 2.86. The van der Waals surface area contributed by atoms with E-state index in [1.54, 1.807) is 4.90 Å². The summed E-state index contributed by atoms with van der Waals surface area (Å²) in [6.45, 7) is 7.30. The van der Waals surface area contributed by atoms with Gasteiger partial charge in [0.15, 0.2) is 0 Å². The highest BCUT2D eigenvalue weighted by molar-refractivity contribution is 5.87. The Hall–Kier alpha value is -2.82. The molecule has 5 heteroatoms. The molecule has 0 bridgehead atoms. The number of para-hydroxylation sites is 1. The lowest BCUT2D eigenvalue weighted by molar-refractivity contribution is -0.141. The maximum Gasteiger partial charge on any atom is 0.242 e. The third-order valence-corrected chi connectivity index (χ3v) is 4.89. The van der Waals surface area contributed by atoms with Crippen molar-refractivity contribution in [2.24, 2.45) is 0 Å². The van der Waals surface area contributed by atoms with E-state index in [0.717, 1.165) is 16.9 Å². The van der Waals surface area contributed by atoms with Crippen molar-refractivity contribution in [3.63, 3.8) is 0 Å². The van der Waals surface area contributed by atoms with Crippen molar-refractivity contribution in [3.05, 3.63) is 65.7 Å². The summed E-state index contributed by atoms with van der Waals surface area (Å²) < 4.78 is 5.70. The molecule has 0 fully saturated rings. The van der Waals surface area contributed by atoms with Crippen LogP contribution in [0.1, 0.15) is 44.2 Å². The SMILES string of the molecule is CCNC(=O)[C@@H](CC)N(Cc1ccccc1C)C(=O)CCCOc1ccccc1. The number of ether oxygens (including phenoxy) is 1. The van der Waals surface area contributed by atoms with Gasteiger partial charge in [0.05, 0.1) is 6.61 Å². The maximum atomic E-state index is 13.1. The van der Waals surface area contributed by atoms with Crippen LogP contribution < -0.4 is 10.1 Å². The van der Waals surface area contributed by atoms with Crippen LogP contribution in [0.3, 0.4) is 0 Å². The Bertz CT molecular complexity index is 777. The standard InChI is InChI=1S/C24H32N2O3/c1-4-22(24(28)25-5-2)26(18-20-13-10-9-12-19(20)3)23(27)16-11-17-29-21-14-7-6-8-15-21/h6-10,12-15,22H,4-5,11,16-18H2,1-3H3,(H,25,28)/t22-/m1/s1. The van der Waals surface area contributed by atoms with Crippen LogP contribution in [-0.2, 0) is 16.1 Å². The van der Waals surface area contributed by atoms with Gasteiger partial charge >= 0.3 is 0 Å². The molecule has 2 aromatic carbocycles. The van der Waals surface area contributed by atoms with Gasteiger partial charge in [-0.25, -0.2) is 0 Å². The summed E-state index contributed by atoms with van der Waals surface area (Å²) in [5.41, 5.74) is 2.17. The molecule has 0 spiro atoms. The Morgan fingerprint density at radius 2 is 1.72 bits per heavy atom. The molecule has 0 saturated carbocycles. The fourth-order valence-electron chi connectivity index (χ4n) is 3.26. The van der Waals surface area contributed by atoms with Crippen LogP contribution in [0.15, 0.2) is 54.6 Å². The fourth-order valence-corrected chi connectivity index (χ4v) is 3.26. The smallest absolute Gasteiger partial charge is 0.242 e. The lowest BCUT2D eigenvalue weighted by atomic mass is 10.1. The van der Waals surface area contributed by atoms with E-state index < -0.39 is 6.04 Å². The third kappa shape index (κ3) is 6.93. The Balaban J connectivity index is 2.05. The number of benzene rings is 2. The van der Waals surface area contributed by atoms with Gasteiger partial charge < -0.3 is 15.0 Å². The molecule has 0 aliphatic carbocycles. The van der Waals surface area contributed by atoms with Gasteiger partial charge in [-0.1, -0.05) is 49.4 Å².